The van der Waals surface area contributed by atoms with Crippen LogP contribution in [0.5, 0.6) is 0 Å². The van der Waals surface area contributed by atoms with Crippen molar-refractivity contribution in [2.24, 2.45) is 0 Å². The molecule has 2 rings (SSSR count). The largest absolute Gasteiger partial charge is 0.462 e. The Balaban J connectivity index is 0.000000351. The SMILES string of the molecule is CC(C)(C)OC=O.Cc1ccc(S(=O)(=O)OC2CCNCC2)cc1. The van der Waals surface area contributed by atoms with Crippen molar-refractivity contribution in [2.45, 2.75) is 57.1 Å². The average Bonchev–Trinajstić information content (AvgIpc) is 2.47. The molecule has 1 aromatic carbocycles. The van der Waals surface area contributed by atoms with Crippen LogP contribution in [0.3, 0.4) is 0 Å². The Bertz CT molecular complexity index is 599. The lowest BCUT2D eigenvalue weighted by Crippen LogP contribution is -2.33. The predicted octanol–water partition coefficient (Wildman–Crippen LogP) is 2.41. The first-order valence-electron chi connectivity index (χ1n) is 7.96. The summed E-state index contributed by atoms with van der Waals surface area (Å²) in [6.07, 6.45) is 1.29. The maximum absolute atomic E-state index is 12.0. The monoisotopic (exact) mass is 357 g/mol. The number of nitrogens with one attached hydrogen (secondary N) is 1. The van der Waals surface area contributed by atoms with E-state index in [1.165, 1.54) is 0 Å². The summed E-state index contributed by atoms with van der Waals surface area (Å²) >= 11 is 0. The number of hydrogen-bond donors (Lipinski definition) is 1. The summed E-state index contributed by atoms with van der Waals surface area (Å²) in [6, 6.07) is 6.73. The number of ether oxygens (including phenoxy) is 1. The summed E-state index contributed by atoms with van der Waals surface area (Å²) in [4.78, 5) is 9.84. The molecule has 0 saturated carbocycles. The molecule has 1 aliphatic rings. The minimum absolute atomic E-state index is 0.192. The minimum Gasteiger partial charge on any atom is -0.462 e. The van der Waals surface area contributed by atoms with Gasteiger partial charge in [-0.15, -0.1) is 0 Å². The molecule has 0 aromatic heterocycles. The highest BCUT2D eigenvalue weighted by molar-refractivity contribution is 7.86. The lowest BCUT2D eigenvalue weighted by molar-refractivity contribution is -0.138. The number of piperidine rings is 1. The van der Waals surface area contributed by atoms with Gasteiger partial charge in [0.25, 0.3) is 16.6 Å². The van der Waals surface area contributed by atoms with E-state index in [0.29, 0.717) is 6.47 Å². The zero-order valence-electron chi connectivity index (χ0n) is 14.7. The summed E-state index contributed by atoms with van der Waals surface area (Å²) in [6.45, 7) is 9.47. The van der Waals surface area contributed by atoms with Crippen LogP contribution < -0.4 is 5.32 Å². The Kier molecular flexibility index (Phi) is 7.86. The number of benzene rings is 1. The minimum atomic E-state index is -3.60. The van der Waals surface area contributed by atoms with Gasteiger partial charge < -0.3 is 10.1 Å². The quantitative estimate of drug-likeness (QED) is 0.658. The lowest BCUT2D eigenvalue weighted by atomic mass is 10.1. The van der Waals surface area contributed by atoms with Gasteiger partial charge in [-0.05, 0) is 65.8 Å². The first-order valence-corrected chi connectivity index (χ1v) is 9.37. The van der Waals surface area contributed by atoms with Gasteiger partial charge in [0.2, 0.25) is 0 Å². The molecular formula is C17H27NO5S. The maximum atomic E-state index is 12.0. The number of rotatable bonds is 4. The van der Waals surface area contributed by atoms with Crippen LogP contribution in [0.4, 0.5) is 0 Å². The molecule has 0 radical (unpaired) electrons. The van der Waals surface area contributed by atoms with E-state index in [-0.39, 0.29) is 16.6 Å². The van der Waals surface area contributed by atoms with Crippen molar-refractivity contribution in [3.8, 4) is 0 Å². The van der Waals surface area contributed by atoms with Crippen LogP contribution >= 0.6 is 0 Å². The molecule has 0 amide bonds. The topological polar surface area (TPSA) is 81.7 Å². The van der Waals surface area contributed by atoms with Crippen LogP contribution in [-0.2, 0) is 23.8 Å². The van der Waals surface area contributed by atoms with Gasteiger partial charge in [0, 0.05) is 0 Å². The van der Waals surface area contributed by atoms with Crippen LogP contribution in [-0.4, -0.2) is 39.7 Å². The summed E-state index contributed by atoms with van der Waals surface area (Å²) in [5, 5.41) is 3.17. The summed E-state index contributed by atoms with van der Waals surface area (Å²) in [7, 11) is -3.60. The third kappa shape index (κ3) is 7.90. The molecule has 1 heterocycles. The number of hydrogen-bond acceptors (Lipinski definition) is 6. The molecule has 1 aliphatic heterocycles. The highest BCUT2D eigenvalue weighted by atomic mass is 32.2. The van der Waals surface area contributed by atoms with E-state index >= 15 is 0 Å². The Morgan fingerprint density at radius 3 is 2.08 bits per heavy atom. The zero-order chi connectivity index (χ0) is 18.2. The number of carbonyl (C=O) groups excluding carboxylic acids is 1. The van der Waals surface area contributed by atoms with Gasteiger partial charge in [0.05, 0.1) is 11.0 Å². The summed E-state index contributed by atoms with van der Waals surface area (Å²) in [5.41, 5.74) is 0.715. The van der Waals surface area contributed by atoms with E-state index in [2.05, 4.69) is 10.1 Å². The molecular weight excluding hydrogens is 330 g/mol. The Hall–Kier alpha value is -1.44. The van der Waals surface area contributed by atoms with Crippen molar-refractivity contribution < 1.29 is 22.1 Å². The van der Waals surface area contributed by atoms with E-state index in [1.807, 2.05) is 27.7 Å². The molecule has 1 aromatic rings. The van der Waals surface area contributed by atoms with E-state index in [9.17, 15) is 13.2 Å². The second-order valence-corrected chi connectivity index (χ2v) is 8.21. The van der Waals surface area contributed by atoms with E-state index < -0.39 is 10.1 Å². The van der Waals surface area contributed by atoms with Crippen LogP contribution in [0, 0.1) is 6.92 Å². The van der Waals surface area contributed by atoms with Gasteiger partial charge in [0.1, 0.15) is 5.60 Å². The molecule has 7 heteroatoms. The van der Waals surface area contributed by atoms with Crippen LogP contribution in [0.25, 0.3) is 0 Å². The van der Waals surface area contributed by atoms with E-state index in [4.69, 9.17) is 4.18 Å². The first-order chi connectivity index (χ1) is 11.1. The van der Waals surface area contributed by atoms with E-state index in [1.54, 1.807) is 24.3 Å². The molecule has 0 atom stereocenters. The lowest BCUT2D eigenvalue weighted by Gasteiger charge is -2.22. The molecule has 1 saturated heterocycles. The van der Waals surface area contributed by atoms with Crippen LogP contribution in [0.2, 0.25) is 0 Å². The Morgan fingerprint density at radius 1 is 1.12 bits per heavy atom. The highest BCUT2D eigenvalue weighted by Gasteiger charge is 2.23. The first kappa shape index (κ1) is 20.6. The smallest absolute Gasteiger partial charge is 0.297 e. The van der Waals surface area contributed by atoms with Crippen LogP contribution in [0.1, 0.15) is 39.2 Å². The van der Waals surface area contributed by atoms with Gasteiger partial charge in [-0.2, -0.15) is 8.42 Å². The third-order valence-electron chi connectivity index (χ3n) is 3.26. The highest BCUT2D eigenvalue weighted by Crippen LogP contribution is 2.18. The fourth-order valence-electron chi connectivity index (χ4n) is 1.98. The van der Waals surface area contributed by atoms with Crippen molar-refractivity contribution in [3.05, 3.63) is 29.8 Å². The second-order valence-electron chi connectivity index (χ2n) is 6.64. The zero-order valence-corrected chi connectivity index (χ0v) is 15.6. The molecule has 0 aliphatic carbocycles. The van der Waals surface area contributed by atoms with E-state index in [0.717, 1.165) is 31.5 Å². The van der Waals surface area contributed by atoms with Crippen molar-refractivity contribution in [3.63, 3.8) is 0 Å². The maximum Gasteiger partial charge on any atom is 0.297 e. The normalized spacial score (nSPS) is 16.0. The second kappa shape index (κ2) is 9.15. The molecule has 0 spiro atoms. The molecule has 6 nitrogen and oxygen atoms in total. The molecule has 24 heavy (non-hydrogen) atoms. The number of carbonyl (C=O) groups is 1. The van der Waals surface area contributed by atoms with Crippen molar-refractivity contribution in [2.75, 3.05) is 13.1 Å². The molecule has 1 fully saturated rings. The molecule has 0 bridgehead atoms. The molecule has 136 valence electrons. The average molecular weight is 357 g/mol. The van der Waals surface area contributed by atoms with Crippen molar-refractivity contribution in [1.82, 2.24) is 5.32 Å². The van der Waals surface area contributed by atoms with Gasteiger partial charge in [0.15, 0.2) is 0 Å². The van der Waals surface area contributed by atoms with Gasteiger partial charge >= 0.3 is 0 Å². The Labute approximate surface area is 144 Å². The Morgan fingerprint density at radius 2 is 1.67 bits per heavy atom. The molecule has 1 N–H and O–H groups in total. The van der Waals surface area contributed by atoms with Gasteiger partial charge in [-0.25, -0.2) is 0 Å². The number of aryl methyl sites for hydroxylation is 1. The fourth-order valence-corrected chi connectivity index (χ4v) is 3.11. The van der Waals surface area contributed by atoms with Gasteiger partial charge in [-0.1, -0.05) is 17.7 Å². The summed E-state index contributed by atoms with van der Waals surface area (Å²) < 4.78 is 33.7. The van der Waals surface area contributed by atoms with Crippen LogP contribution in [0.15, 0.2) is 29.2 Å². The van der Waals surface area contributed by atoms with Gasteiger partial charge in [-0.3, -0.25) is 8.98 Å². The fraction of sp³-hybridized carbons (Fsp3) is 0.588. The predicted molar refractivity (Wildman–Crippen MR) is 92.2 cm³/mol. The standard InChI is InChI=1S/C12H17NO3S.C5H10O2/c1-10-2-4-12(5-3-10)17(14,15)16-11-6-8-13-9-7-11;1-5(2,3)7-4-6/h2-5,11,13H,6-9H2,1H3;4H,1-3H3. The molecule has 0 unspecified atom stereocenters. The third-order valence-corrected chi connectivity index (χ3v) is 4.64. The van der Waals surface area contributed by atoms with Crippen molar-refractivity contribution >= 4 is 16.6 Å². The van der Waals surface area contributed by atoms with Crippen molar-refractivity contribution in [1.29, 1.82) is 0 Å². The summed E-state index contributed by atoms with van der Waals surface area (Å²) in [5.74, 6) is 0.